The Bertz CT molecular complexity index is 1380. The third-order valence-corrected chi connectivity index (χ3v) is 5.61. The molecule has 4 nitrogen and oxygen atoms in total. The third-order valence-electron chi connectivity index (χ3n) is 5.61. The highest BCUT2D eigenvalue weighted by Gasteiger charge is 2.11. The molecule has 0 aliphatic carbocycles. The van der Waals surface area contributed by atoms with Gasteiger partial charge in [-0.1, -0.05) is 48.5 Å². The van der Waals surface area contributed by atoms with Crippen molar-refractivity contribution in [3.8, 4) is 11.6 Å². The molecule has 0 bridgehead atoms. The van der Waals surface area contributed by atoms with E-state index in [0.717, 1.165) is 33.8 Å². The first kappa shape index (κ1) is 17.7. The van der Waals surface area contributed by atoms with Gasteiger partial charge in [-0.05, 0) is 47.2 Å². The second-order valence-electron chi connectivity index (χ2n) is 7.67. The van der Waals surface area contributed by atoms with Gasteiger partial charge in [-0.15, -0.1) is 0 Å². The van der Waals surface area contributed by atoms with Crippen LogP contribution in [0.4, 0.5) is 0 Å². The van der Waals surface area contributed by atoms with Crippen LogP contribution in [0, 0.1) is 0 Å². The predicted octanol–water partition coefficient (Wildman–Crippen LogP) is 5.96. The van der Waals surface area contributed by atoms with Gasteiger partial charge in [0.15, 0.2) is 0 Å². The molecule has 6 rings (SSSR count). The van der Waals surface area contributed by atoms with Crippen molar-refractivity contribution >= 4 is 21.5 Å². The van der Waals surface area contributed by atoms with Crippen LogP contribution in [0.1, 0.15) is 11.4 Å². The molecule has 0 amide bonds. The molecular formula is C27H20N4. The molecule has 148 valence electrons. The summed E-state index contributed by atoms with van der Waals surface area (Å²) in [5.74, 6) is 1.90. The minimum atomic E-state index is 0.665. The number of benzene rings is 2. The molecule has 0 unspecified atom stereocenters. The maximum Gasteiger partial charge on any atom is 0.144 e. The molecule has 0 aliphatic rings. The van der Waals surface area contributed by atoms with E-state index >= 15 is 0 Å². The lowest BCUT2D eigenvalue weighted by atomic mass is 10.1. The van der Waals surface area contributed by atoms with E-state index in [2.05, 4.69) is 69.8 Å². The Morgan fingerprint density at radius 1 is 0.516 bits per heavy atom. The van der Waals surface area contributed by atoms with E-state index < -0.39 is 0 Å². The summed E-state index contributed by atoms with van der Waals surface area (Å²) in [4.78, 5) is 10.1. The van der Waals surface area contributed by atoms with Gasteiger partial charge < -0.3 is 9.13 Å². The lowest BCUT2D eigenvalue weighted by molar-refractivity contribution is 0.940. The second-order valence-corrected chi connectivity index (χ2v) is 7.67. The molecule has 0 spiro atoms. The maximum absolute atomic E-state index is 5.03. The monoisotopic (exact) mass is 400 g/mol. The summed E-state index contributed by atoms with van der Waals surface area (Å²) in [6.07, 6.45) is 8.82. The lowest BCUT2D eigenvalue weighted by Gasteiger charge is -2.13. The van der Waals surface area contributed by atoms with Crippen molar-refractivity contribution in [2.75, 3.05) is 0 Å². The van der Waals surface area contributed by atoms with Crippen molar-refractivity contribution in [2.45, 2.75) is 6.42 Å². The van der Waals surface area contributed by atoms with E-state index in [4.69, 9.17) is 9.97 Å². The van der Waals surface area contributed by atoms with Gasteiger partial charge in [-0.3, -0.25) is 0 Å². The molecule has 4 aromatic heterocycles. The highest BCUT2D eigenvalue weighted by Crippen LogP contribution is 2.26. The fourth-order valence-electron chi connectivity index (χ4n) is 4.18. The summed E-state index contributed by atoms with van der Waals surface area (Å²) in [5, 5.41) is 4.65. The number of hydrogen-bond donors (Lipinski definition) is 0. The van der Waals surface area contributed by atoms with Crippen LogP contribution in [0.3, 0.4) is 0 Å². The summed E-state index contributed by atoms with van der Waals surface area (Å²) < 4.78 is 4.15. The van der Waals surface area contributed by atoms with Crippen LogP contribution >= 0.6 is 0 Å². The van der Waals surface area contributed by atoms with E-state index in [9.17, 15) is 0 Å². The molecule has 0 saturated carbocycles. The molecule has 0 saturated heterocycles. The maximum atomic E-state index is 5.03. The van der Waals surface area contributed by atoms with E-state index in [1.807, 2.05) is 49.1 Å². The van der Waals surface area contributed by atoms with E-state index in [1.54, 1.807) is 0 Å². The molecule has 0 aliphatic heterocycles. The van der Waals surface area contributed by atoms with E-state index in [0.29, 0.717) is 6.42 Å². The molecule has 4 heterocycles. The smallest absolute Gasteiger partial charge is 0.144 e. The minimum absolute atomic E-state index is 0.665. The van der Waals surface area contributed by atoms with Crippen molar-refractivity contribution in [3.05, 3.63) is 121 Å². The van der Waals surface area contributed by atoms with Crippen LogP contribution < -0.4 is 0 Å². The average Bonchev–Trinajstić information content (AvgIpc) is 3.52. The summed E-state index contributed by atoms with van der Waals surface area (Å²) in [5.41, 5.74) is 2.01. The zero-order chi connectivity index (χ0) is 20.6. The van der Waals surface area contributed by atoms with E-state index in [1.165, 1.54) is 10.8 Å². The van der Waals surface area contributed by atoms with Crippen LogP contribution in [0.25, 0.3) is 33.2 Å². The number of hydrogen-bond acceptors (Lipinski definition) is 2. The normalized spacial score (nSPS) is 11.4. The zero-order valence-corrected chi connectivity index (χ0v) is 16.9. The van der Waals surface area contributed by atoms with Crippen molar-refractivity contribution in [1.82, 2.24) is 19.1 Å². The van der Waals surface area contributed by atoms with Crippen LogP contribution in [0.5, 0.6) is 0 Å². The predicted molar refractivity (Wildman–Crippen MR) is 125 cm³/mol. The fourth-order valence-corrected chi connectivity index (χ4v) is 4.18. The summed E-state index contributed by atoms with van der Waals surface area (Å²) in [6, 6.07) is 29.3. The number of pyridine rings is 2. The van der Waals surface area contributed by atoms with Crippen molar-refractivity contribution in [3.63, 3.8) is 0 Å². The Kier molecular flexibility index (Phi) is 4.13. The molecular weight excluding hydrogens is 380 g/mol. The van der Waals surface area contributed by atoms with Gasteiger partial charge in [0, 0.05) is 53.4 Å². The van der Waals surface area contributed by atoms with Gasteiger partial charge in [-0.25, -0.2) is 9.97 Å². The Morgan fingerprint density at radius 2 is 0.935 bits per heavy atom. The van der Waals surface area contributed by atoms with Gasteiger partial charge in [-0.2, -0.15) is 0 Å². The Labute approximate surface area is 180 Å². The number of aromatic nitrogens is 4. The standard InChI is InChI=1S/C27H20N4/c1-3-11-24-20(9-1)17-22(28-26(24)30-13-5-6-14-30)19-23-18-21-10-2-4-12-25(21)27(29-23)31-15-7-8-16-31/h1-18H,19H2. The zero-order valence-electron chi connectivity index (χ0n) is 16.9. The first-order valence-electron chi connectivity index (χ1n) is 10.4. The SMILES string of the molecule is c1ccc2c(-n3cccc3)nc(Cc3cc4ccccc4c(-n4cccc4)n3)cc2c1. The average molecular weight is 400 g/mol. The number of nitrogens with zero attached hydrogens (tertiary/aromatic N) is 4. The van der Waals surface area contributed by atoms with Gasteiger partial charge in [0.1, 0.15) is 11.6 Å². The number of rotatable bonds is 4. The Hall–Kier alpha value is -4.18. The van der Waals surface area contributed by atoms with Gasteiger partial charge in [0.2, 0.25) is 0 Å². The summed E-state index contributed by atoms with van der Waals surface area (Å²) in [6.45, 7) is 0. The summed E-state index contributed by atoms with van der Waals surface area (Å²) in [7, 11) is 0. The second kappa shape index (κ2) is 7.26. The quantitative estimate of drug-likeness (QED) is 0.366. The van der Waals surface area contributed by atoms with Crippen molar-refractivity contribution < 1.29 is 0 Å². The molecule has 0 atom stereocenters. The van der Waals surface area contributed by atoms with E-state index in [-0.39, 0.29) is 0 Å². The molecule has 0 N–H and O–H groups in total. The largest absolute Gasteiger partial charge is 0.308 e. The Morgan fingerprint density at radius 3 is 1.39 bits per heavy atom. The fraction of sp³-hybridized carbons (Fsp3) is 0.0370. The van der Waals surface area contributed by atoms with Crippen molar-refractivity contribution in [2.24, 2.45) is 0 Å². The number of fused-ring (bicyclic) bond motifs is 2. The third kappa shape index (κ3) is 3.19. The van der Waals surface area contributed by atoms with Crippen molar-refractivity contribution in [1.29, 1.82) is 0 Å². The highest BCUT2D eigenvalue weighted by molar-refractivity contribution is 5.90. The van der Waals surface area contributed by atoms with Crippen LogP contribution in [-0.2, 0) is 6.42 Å². The van der Waals surface area contributed by atoms with Gasteiger partial charge in [0.25, 0.3) is 0 Å². The topological polar surface area (TPSA) is 35.6 Å². The summed E-state index contributed by atoms with van der Waals surface area (Å²) >= 11 is 0. The van der Waals surface area contributed by atoms with Crippen LogP contribution in [-0.4, -0.2) is 19.1 Å². The first-order chi connectivity index (χ1) is 15.3. The lowest BCUT2D eigenvalue weighted by Crippen LogP contribution is -2.04. The molecule has 4 heteroatoms. The van der Waals surface area contributed by atoms with Gasteiger partial charge >= 0.3 is 0 Å². The molecule has 2 aromatic carbocycles. The van der Waals surface area contributed by atoms with Gasteiger partial charge in [0.05, 0.1) is 0 Å². The highest BCUT2D eigenvalue weighted by atomic mass is 15.1. The first-order valence-corrected chi connectivity index (χ1v) is 10.4. The molecule has 0 radical (unpaired) electrons. The van der Waals surface area contributed by atoms with Crippen LogP contribution in [0.2, 0.25) is 0 Å². The minimum Gasteiger partial charge on any atom is -0.308 e. The molecule has 31 heavy (non-hydrogen) atoms. The molecule has 0 fully saturated rings. The van der Waals surface area contributed by atoms with Crippen LogP contribution in [0.15, 0.2) is 110 Å². The molecule has 6 aromatic rings. The Balaban J connectivity index is 1.50.